The molecule has 0 unspecified atom stereocenters. The molecule has 2 heterocycles. The Balaban J connectivity index is 2.10. The van der Waals surface area contributed by atoms with E-state index in [0.29, 0.717) is 5.13 Å². The lowest BCUT2D eigenvalue weighted by Crippen LogP contribution is -2.11. The second-order valence-corrected chi connectivity index (χ2v) is 4.21. The van der Waals surface area contributed by atoms with Crippen LogP contribution in [0.3, 0.4) is 0 Å². The third kappa shape index (κ3) is 2.40. The summed E-state index contributed by atoms with van der Waals surface area (Å²) in [5, 5.41) is 13.8. The lowest BCUT2D eigenvalue weighted by atomic mass is 10.3. The van der Waals surface area contributed by atoms with Gasteiger partial charge >= 0.3 is 5.97 Å². The third-order valence-corrected chi connectivity index (χ3v) is 2.82. The maximum atomic E-state index is 10.4. The SMILES string of the molecule is Cn1ccc(-c2csc(NCC(=O)O)n2)c1. The fourth-order valence-corrected chi connectivity index (χ4v) is 2.01. The Morgan fingerprint density at radius 3 is 3.12 bits per heavy atom. The Hall–Kier alpha value is -1.82. The summed E-state index contributed by atoms with van der Waals surface area (Å²) in [7, 11) is 1.94. The number of anilines is 1. The van der Waals surface area contributed by atoms with E-state index in [4.69, 9.17) is 5.11 Å². The number of aromatic nitrogens is 2. The number of thiazole rings is 1. The number of hydrogen-bond acceptors (Lipinski definition) is 4. The van der Waals surface area contributed by atoms with Crippen molar-refractivity contribution in [1.29, 1.82) is 0 Å². The molecule has 0 atom stereocenters. The van der Waals surface area contributed by atoms with E-state index >= 15 is 0 Å². The van der Waals surface area contributed by atoms with Crippen molar-refractivity contribution in [2.45, 2.75) is 0 Å². The fraction of sp³-hybridized carbons (Fsp3) is 0.200. The van der Waals surface area contributed by atoms with Gasteiger partial charge in [-0.05, 0) is 6.07 Å². The normalized spacial score (nSPS) is 10.3. The van der Waals surface area contributed by atoms with E-state index in [9.17, 15) is 4.79 Å². The van der Waals surface area contributed by atoms with Gasteiger partial charge in [0.2, 0.25) is 0 Å². The summed E-state index contributed by atoms with van der Waals surface area (Å²) in [5.41, 5.74) is 1.89. The lowest BCUT2D eigenvalue weighted by Gasteiger charge is -1.95. The Bertz CT molecular complexity index is 504. The van der Waals surface area contributed by atoms with Crippen molar-refractivity contribution in [1.82, 2.24) is 9.55 Å². The number of carboxylic acids is 1. The summed E-state index contributed by atoms with van der Waals surface area (Å²) in [6.45, 7) is -0.109. The standard InChI is InChI=1S/C10H11N3O2S/c1-13-3-2-7(5-13)8-6-16-10(12-8)11-4-9(14)15/h2-3,5-6H,4H2,1H3,(H,11,12)(H,14,15). The Morgan fingerprint density at radius 2 is 2.50 bits per heavy atom. The van der Waals surface area contributed by atoms with Gasteiger partial charge in [-0.2, -0.15) is 0 Å². The molecule has 0 aliphatic rings. The minimum absolute atomic E-state index is 0.109. The molecule has 0 aliphatic carbocycles. The molecular weight excluding hydrogens is 226 g/mol. The Labute approximate surface area is 96.4 Å². The van der Waals surface area contributed by atoms with Crippen molar-refractivity contribution in [2.24, 2.45) is 7.05 Å². The molecular formula is C10H11N3O2S. The maximum Gasteiger partial charge on any atom is 0.322 e. The first-order valence-electron chi connectivity index (χ1n) is 4.68. The second-order valence-electron chi connectivity index (χ2n) is 3.35. The first-order chi connectivity index (χ1) is 7.65. The van der Waals surface area contributed by atoms with Crippen LogP contribution in [0.15, 0.2) is 23.8 Å². The number of carbonyl (C=O) groups is 1. The molecule has 2 N–H and O–H groups in total. The highest BCUT2D eigenvalue weighted by molar-refractivity contribution is 7.14. The van der Waals surface area contributed by atoms with Crippen molar-refractivity contribution in [3.05, 3.63) is 23.8 Å². The zero-order valence-corrected chi connectivity index (χ0v) is 9.49. The predicted octanol–water partition coefficient (Wildman–Crippen LogP) is 1.65. The largest absolute Gasteiger partial charge is 0.480 e. The number of hydrogen-bond donors (Lipinski definition) is 2. The molecule has 0 aromatic carbocycles. The fourth-order valence-electron chi connectivity index (χ4n) is 1.29. The molecule has 0 aliphatic heterocycles. The van der Waals surface area contributed by atoms with E-state index < -0.39 is 5.97 Å². The quantitative estimate of drug-likeness (QED) is 0.848. The highest BCUT2D eigenvalue weighted by Crippen LogP contribution is 2.24. The molecule has 6 heteroatoms. The van der Waals surface area contributed by atoms with E-state index in [-0.39, 0.29) is 6.54 Å². The van der Waals surface area contributed by atoms with Gasteiger partial charge in [-0.25, -0.2) is 4.98 Å². The highest BCUT2D eigenvalue weighted by atomic mass is 32.1. The number of carboxylic acid groups (broad SMARTS) is 1. The molecule has 5 nitrogen and oxygen atoms in total. The van der Waals surface area contributed by atoms with E-state index in [2.05, 4.69) is 10.3 Å². The third-order valence-electron chi connectivity index (χ3n) is 2.02. The minimum Gasteiger partial charge on any atom is -0.480 e. The van der Waals surface area contributed by atoms with Crippen molar-refractivity contribution < 1.29 is 9.90 Å². The smallest absolute Gasteiger partial charge is 0.322 e. The van der Waals surface area contributed by atoms with E-state index in [1.54, 1.807) is 0 Å². The van der Waals surface area contributed by atoms with Crippen LogP contribution in [0.25, 0.3) is 11.3 Å². The summed E-state index contributed by atoms with van der Waals surface area (Å²) in [6.07, 6.45) is 3.91. The predicted molar refractivity (Wildman–Crippen MR) is 62.6 cm³/mol. The molecule has 84 valence electrons. The van der Waals surface area contributed by atoms with Gasteiger partial charge < -0.3 is 15.0 Å². The van der Waals surface area contributed by atoms with Gasteiger partial charge in [0.25, 0.3) is 0 Å². The first kappa shape index (κ1) is 10.7. The van der Waals surface area contributed by atoms with Crippen molar-refractivity contribution in [3.8, 4) is 11.3 Å². The summed E-state index contributed by atoms with van der Waals surface area (Å²) in [6, 6.07) is 1.97. The topological polar surface area (TPSA) is 67.2 Å². The molecule has 0 radical (unpaired) electrons. The van der Waals surface area contributed by atoms with Gasteiger partial charge in [-0.3, -0.25) is 4.79 Å². The molecule has 0 saturated heterocycles. The zero-order valence-electron chi connectivity index (χ0n) is 8.67. The maximum absolute atomic E-state index is 10.4. The van der Waals surface area contributed by atoms with Crippen molar-refractivity contribution in [2.75, 3.05) is 11.9 Å². The molecule has 2 aromatic heterocycles. The molecule has 0 bridgehead atoms. The van der Waals surface area contributed by atoms with Crippen molar-refractivity contribution >= 4 is 22.4 Å². The molecule has 2 rings (SSSR count). The first-order valence-corrected chi connectivity index (χ1v) is 5.56. The summed E-state index contributed by atoms with van der Waals surface area (Å²) < 4.78 is 1.94. The number of nitrogens with one attached hydrogen (secondary N) is 1. The Morgan fingerprint density at radius 1 is 1.69 bits per heavy atom. The van der Waals surface area contributed by atoms with Crippen LogP contribution in [0.4, 0.5) is 5.13 Å². The molecule has 16 heavy (non-hydrogen) atoms. The molecule has 0 fully saturated rings. The van der Waals surface area contributed by atoms with Crippen LogP contribution in [-0.2, 0) is 11.8 Å². The summed E-state index contributed by atoms with van der Waals surface area (Å²) in [5.74, 6) is -0.892. The number of aliphatic carboxylic acids is 1. The lowest BCUT2D eigenvalue weighted by molar-refractivity contribution is -0.134. The van der Waals surface area contributed by atoms with Crippen LogP contribution in [0.2, 0.25) is 0 Å². The monoisotopic (exact) mass is 237 g/mol. The summed E-state index contributed by atoms with van der Waals surface area (Å²) in [4.78, 5) is 14.7. The van der Waals surface area contributed by atoms with Crippen LogP contribution in [-0.4, -0.2) is 27.2 Å². The van der Waals surface area contributed by atoms with E-state index in [1.165, 1.54) is 11.3 Å². The van der Waals surface area contributed by atoms with Crippen LogP contribution < -0.4 is 5.32 Å². The van der Waals surface area contributed by atoms with Gasteiger partial charge in [0.1, 0.15) is 6.54 Å². The second kappa shape index (κ2) is 4.36. The van der Waals surface area contributed by atoms with Crippen LogP contribution in [0, 0.1) is 0 Å². The van der Waals surface area contributed by atoms with E-state index in [0.717, 1.165) is 11.3 Å². The number of rotatable bonds is 4. The Kier molecular flexibility index (Phi) is 2.91. The van der Waals surface area contributed by atoms with Crippen LogP contribution >= 0.6 is 11.3 Å². The van der Waals surface area contributed by atoms with Gasteiger partial charge in [-0.1, -0.05) is 0 Å². The minimum atomic E-state index is -0.892. The summed E-state index contributed by atoms with van der Waals surface area (Å²) >= 11 is 1.40. The zero-order chi connectivity index (χ0) is 11.5. The van der Waals surface area contributed by atoms with Crippen LogP contribution in [0.1, 0.15) is 0 Å². The number of nitrogens with zero attached hydrogens (tertiary/aromatic N) is 2. The molecule has 0 amide bonds. The molecule has 0 saturated carbocycles. The van der Waals surface area contributed by atoms with Gasteiger partial charge in [0, 0.05) is 30.4 Å². The van der Waals surface area contributed by atoms with Crippen LogP contribution in [0.5, 0.6) is 0 Å². The van der Waals surface area contributed by atoms with Gasteiger partial charge in [0.15, 0.2) is 5.13 Å². The average molecular weight is 237 g/mol. The number of aryl methyl sites for hydroxylation is 1. The molecule has 2 aromatic rings. The van der Waals surface area contributed by atoms with Crippen molar-refractivity contribution in [3.63, 3.8) is 0 Å². The van der Waals surface area contributed by atoms with E-state index in [1.807, 2.05) is 35.5 Å². The van der Waals surface area contributed by atoms with Gasteiger partial charge in [-0.15, -0.1) is 11.3 Å². The molecule has 0 spiro atoms. The van der Waals surface area contributed by atoms with Gasteiger partial charge in [0.05, 0.1) is 5.69 Å². The highest BCUT2D eigenvalue weighted by Gasteiger charge is 2.06. The average Bonchev–Trinajstić information content (AvgIpc) is 2.83.